The van der Waals surface area contributed by atoms with Crippen molar-refractivity contribution in [3.63, 3.8) is 0 Å². The third-order valence-electron chi connectivity index (χ3n) is 5.07. The normalized spacial score (nSPS) is 20.9. The first-order valence-corrected chi connectivity index (χ1v) is 9.73. The second kappa shape index (κ2) is 6.69. The van der Waals surface area contributed by atoms with Gasteiger partial charge in [0.1, 0.15) is 0 Å². The lowest BCUT2D eigenvalue weighted by Gasteiger charge is -2.35. The van der Waals surface area contributed by atoms with E-state index >= 15 is 0 Å². The van der Waals surface area contributed by atoms with Crippen molar-refractivity contribution in [2.75, 3.05) is 13.2 Å². The first kappa shape index (κ1) is 15.8. The molecule has 0 radical (unpaired) electrons. The summed E-state index contributed by atoms with van der Waals surface area (Å²) < 4.78 is 7.80. The van der Waals surface area contributed by atoms with E-state index in [9.17, 15) is 4.79 Å². The van der Waals surface area contributed by atoms with Crippen LogP contribution in [0, 0.1) is 0 Å². The lowest BCUT2D eigenvalue weighted by atomic mass is 9.95. The minimum absolute atomic E-state index is 0.0781. The van der Waals surface area contributed by atoms with Crippen molar-refractivity contribution < 1.29 is 9.53 Å². The largest absolute Gasteiger partial charge is 0.376 e. The molecular formula is C18H23N3O2S. The fourth-order valence-electron chi connectivity index (χ4n) is 3.87. The van der Waals surface area contributed by atoms with Gasteiger partial charge in [-0.15, -0.1) is 0 Å². The molecule has 0 aromatic carbocycles. The fraction of sp³-hybridized carbons (Fsp3) is 0.556. The van der Waals surface area contributed by atoms with Gasteiger partial charge < -0.3 is 9.64 Å². The van der Waals surface area contributed by atoms with E-state index in [1.807, 2.05) is 21.7 Å². The molecule has 128 valence electrons. The molecule has 0 spiro atoms. The van der Waals surface area contributed by atoms with Gasteiger partial charge in [-0.3, -0.25) is 9.48 Å². The summed E-state index contributed by atoms with van der Waals surface area (Å²) in [7, 11) is 0. The van der Waals surface area contributed by atoms with Crippen molar-refractivity contribution in [1.29, 1.82) is 0 Å². The number of ether oxygens (including phenoxy) is 1. The second-order valence-corrected chi connectivity index (χ2v) is 7.23. The van der Waals surface area contributed by atoms with Gasteiger partial charge in [-0.25, -0.2) is 0 Å². The van der Waals surface area contributed by atoms with Gasteiger partial charge in [0.05, 0.1) is 30.5 Å². The molecule has 2 aliphatic heterocycles. The standard InChI is InChI=1S/C18H23N3O2S/c1-2-21-15-6-9-23-11-14(15)17(19-21)16-5-3-4-8-20(16)18(22)13-7-10-24-12-13/h7,10,12,16H,2-6,8-9,11H2,1H3. The fourth-order valence-corrected chi connectivity index (χ4v) is 4.50. The summed E-state index contributed by atoms with van der Waals surface area (Å²) in [6.07, 6.45) is 4.12. The number of likely N-dealkylation sites (tertiary alicyclic amines) is 1. The van der Waals surface area contributed by atoms with Crippen LogP contribution in [0.1, 0.15) is 59.5 Å². The van der Waals surface area contributed by atoms with E-state index in [2.05, 4.69) is 11.6 Å². The van der Waals surface area contributed by atoms with Crippen LogP contribution in [0.25, 0.3) is 0 Å². The van der Waals surface area contributed by atoms with E-state index in [1.54, 1.807) is 11.3 Å². The smallest absolute Gasteiger partial charge is 0.255 e. The molecule has 4 rings (SSSR count). The SMILES string of the molecule is CCn1nc(C2CCCCN2C(=O)c2ccsc2)c2c1CCOC2. The molecule has 2 aromatic heterocycles. The highest BCUT2D eigenvalue weighted by molar-refractivity contribution is 7.08. The van der Waals surface area contributed by atoms with Gasteiger partial charge in [0.2, 0.25) is 0 Å². The van der Waals surface area contributed by atoms with Gasteiger partial charge in [0.25, 0.3) is 5.91 Å². The summed E-state index contributed by atoms with van der Waals surface area (Å²) in [6.45, 7) is 5.20. The predicted molar refractivity (Wildman–Crippen MR) is 93.2 cm³/mol. The van der Waals surface area contributed by atoms with Crippen molar-refractivity contribution in [1.82, 2.24) is 14.7 Å². The molecule has 0 N–H and O–H groups in total. The van der Waals surface area contributed by atoms with Crippen molar-refractivity contribution >= 4 is 17.2 Å². The molecule has 0 bridgehead atoms. The summed E-state index contributed by atoms with van der Waals surface area (Å²) in [5.41, 5.74) is 4.38. The number of fused-ring (bicyclic) bond motifs is 1. The molecule has 1 saturated heterocycles. The molecule has 24 heavy (non-hydrogen) atoms. The van der Waals surface area contributed by atoms with Gasteiger partial charge >= 0.3 is 0 Å². The number of aryl methyl sites for hydroxylation is 1. The number of carbonyl (C=O) groups is 1. The van der Waals surface area contributed by atoms with Crippen LogP contribution in [-0.2, 0) is 24.3 Å². The highest BCUT2D eigenvalue weighted by Crippen LogP contribution is 2.36. The zero-order valence-corrected chi connectivity index (χ0v) is 14.8. The van der Waals surface area contributed by atoms with Gasteiger partial charge in [-0.2, -0.15) is 16.4 Å². The topological polar surface area (TPSA) is 47.4 Å². The number of thiophene rings is 1. The summed E-state index contributed by atoms with van der Waals surface area (Å²) in [6, 6.07) is 2.00. The maximum Gasteiger partial charge on any atom is 0.255 e. The lowest BCUT2D eigenvalue weighted by molar-refractivity contribution is 0.0596. The molecule has 1 amide bonds. The Balaban J connectivity index is 1.71. The van der Waals surface area contributed by atoms with Crippen LogP contribution in [0.3, 0.4) is 0 Å². The second-order valence-electron chi connectivity index (χ2n) is 6.45. The number of aromatic nitrogens is 2. The zero-order valence-electron chi connectivity index (χ0n) is 14.0. The van der Waals surface area contributed by atoms with E-state index < -0.39 is 0 Å². The molecule has 0 aliphatic carbocycles. The van der Waals surface area contributed by atoms with Crippen molar-refractivity contribution in [3.05, 3.63) is 39.3 Å². The quantitative estimate of drug-likeness (QED) is 0.856. The Labute approximate surface area is 146 Å². The summed E-state index contributed by atoms with van der Waals surface area (Å²) >= 11 is 1.57. The maximum absolute atomic E-state index is 13.0. The van der Waals surface area contributed by atoms with E-state index in [1.165, 1.54) is 11.3 Å². The Hall–Kier alpha value is -1.66. The van der Waals surface area contributed by atoms with E-state index in [4.69, 9.17) is 9.84 Å². The molecule has 6 heteroatoms. The van der Waals surface area contributed by atoms with Crippen LogP contribution in [0.15, 0.2) is 16.8 Å². The van der Waals surface area contributed by atoms with Crippen LogP contribution >= 0.6 is 11.3 Å². The molecule has 1 fully saturated rings. The summed E-state index contributed by atoms with van der Waals surface area (Å²) in [4.78, 5) is 15.0. The first-order valence-electron chi connectivity index (χ1n) is 8.79. The number of hydrogen-bond donors (Lipinski definition) is 0. The third-order valence-corrected chi connectivity index (χ3v) is 5.76. The maximum atomic E-state index is 13.0. The highest BCUT2D eigenvalue weighted by Gasteiger charge is 2.34. The molecule has 2 aromatic rings. The Morgan fingerprint density at radius 3 is 3.17 bits per heavy atom. The van der Waals surface area contributed by atoms with Crippen molar-refractivity contribution in [2.45, 2.75) is 51.8 Å². The Morgan fingerprint density at radius 2 is 2.38 bits per heavy atom. The van der Waals surface area contributed by atoms with E-state index in [0.717, 1.165) is 56.6 Å². The number of hydrogen-bond acceptors (Lipinski definition) is 4. The van der Waals surface area contributed by atoms with Crippen LogP contribution in [0.2, 0.25) is 0 Å². The minimum Gasteiger partial charge on any atom is -0.376 e. The average Bonchev–Trinajstić information content (AvgIpc) is 3.29. The Kier molecular flexibility index (Phi) is 4.41. The monoisotopic (exact) mass is 345 g/mol. The number of carbonyl (C=O) groups excluding carboxylic acids is 1. The van der Waals surface area contributed by atoms with Crippen molar-refractivity contribution in [3.8, 4) is 0 Å². The van der Waals surface area contributed by atoms with Crippen LogP contribution in [0.5, 0.6) is 0 Å². The van der Waals surface area contributed by atoms with E-state index in [-0.39, 0.29) is 11.9 Å². The average molecular weight is 345 g/mol. The number of rotatable bonds is 3. The summed E-state index contributed by atoms with van der Waals surface area (Å²) in [5, 5.41) is 8.80. The predicted octanol–water partition coefficient (Wildman–Crippen LogP) is 3.40. The molecule has 1 atom stereocenters. The van der Waals surface area contributed by atoms with Gasteiger partial charge in [-0.05, 0) is 37.6 Å². The van der Waals surface area contributed by atoms with Crippen LogP contribution in [-0.4, -0.2) is 33.7 Å². The molecular weight excluding hydrogens is 322 g/mol. The number of nitrogens with zero attached hydrogens (tertiary/aromatic N) is 3. The summed E-state index contributed by atoms with van der Waals surface area (Å²) in [5.74, 6) is 0.137. The lowest BCUT2D eigenvalue weighted by Crippen LogP contribution is -2.39. The van der Waals surface area contributed by atoms with Crippen molar-refractivity contribution in [2.24, 2.45) is 0 Å². The molecule has 0 saturated carbocycles. The van der Waals surface area contributed by atoms with Crippen LogP contribution in [0.4, 0.5) is 0 Å². The third kappa shape index (κ3) is 2.67. The number of amides is 1. The minimum atomic E-state index is 0.0781. The molecule has 1 unspecified atom stereocenters. The zero-order chi connectivity index (χ0) is 16.5. The van der Waals surface area contributed by atoms with Gasteiger partial charge in [-0.1, -0.05) is 0 Å². The Bertz CT molecular complexity index is 723. The Morgan fingerprint density at radius 1 is 1.46 bits per heavy atom. The number of piperidine rings is 1. The molecule has 5 nitrogen and oxygen atoms in total. The van der Waals surface area contributed by atoms with E-state index in [0.29, 0.717) is 6.61 Å². The van der Waals surface area contributed by atoms with Gasteiger partial charge in [0, 0.05) is 36.1 Å². The molecule has 2 aliphatic rings. The first-order chi connectivity index (χ1) is 11.8. The van der Waals surface area contributed by atoms with Crippen LogP contribution < -0.4 is 0 Å². The van der Waals surface area contributed by atoms with Gasteiger partial charge in [0.15, 0.2) is 0 Å². The highest BCUT2D eigenvalue weighted by atomic mass is 32.1. The molecule has 4 heterocycles.